The highest BCUT2D eigenvalue weighted by molar-refractivity contribution is 7.99. The van der Waals surface area contributed by atoms with Crippen LogP contribution in [0.1, 0.15) is 27.0 Å². The first-order chi connectivity index (χ1) is 11.0. The maximum atomic E-state index is 12.0. The van der Waals surface area contributed by atoms with Gasteiger partial charge in [-0.05, 0) is 37.1 Å². The summed E-state index contributed by atoms with van der Waals surface area (Å²) in [4.78, 5) is 23.4. The van der Waals surface area contributed by atoms with E-state index in [1.807, 2.05) is 6.92 Å². The highest BCUT2D eigenvalue weighted by atomic mass is 32.2. The van der Waals surface area contributed by atoms with Crippen LogP contribution in [0.15, 0.2) is 42.5 Å². The van der Waals surface area contributed by atoms with Crippen molar-refractivity contribution in [3.8, 4) is 0 Å². The van der Waals surface area contributed by atoms with E-state index >= 15 is 0 Å². The lowest BCUT2D eigenvalue weighted by atomic mass is 10.1. The van der Waals surface area contributed by atoms with Gasteiger partial charge in [0.05, 0.1) is 5.75 Å². The second-order valence-electron chi connectivity index (χ2n) is 5.37. The summed E-state index contributed by atoms with van der Waals surface area (Å²) in [6.07, 6.45) is 0. The molecule has 0 aromatic heterocycles. The van der Waals surface area contributed by atoms with E-state index < -0.39 is 5.91 Å². The molecule has 0 bridgehead atoms. The van der Waals surface area contributed by atoms with Gasteiger partial charge >= 0.3 is 0 Å². The van der Waals surface area contributed by atoms with E-state index in [1.54, 1.807) is 36.9 Å². The first kappa shape index (κ1) is 17.1. The fourth-order valence-corrected chi connectivity index (χ4v) is 2.96. The predicted octanol–water partition coefficient (Wildman–Crippen LogP) is 3.27. The van der Waals surface area contributed by atoms with Gasteiger partial charge in [-0.25, -0.2) is 0 Å². The van der Waals surface area contributed by atoms with Crippen molar-refractivity contribution in [2.75, 3.05) is 11.1 Å². The minimum Gasteiger partial charge on any atom is -0.366 e. The van der Waals surface area contributed by atoms with E-state index in [0.717, 1.165) is 5.75 Å². The lowest BCUT2D eigenvalue weighted by Crippen LogP contribution is -2.18. The smallest absolute Gasteiger partial charge is 0.249 e. The number of aryl methyl sites for hydroxylation is 1. The van der Waals surface area contributed by atoms with Crippen molar-refractivity contribution in [1.29, 1.82) is 0 Å². The normalized spacial score (nSPS) is 10.3. The number of benzene rings is 2. The highest BCUT2D eigenvalue weighted by Gasteiger charge is 2.10. The Labute approximate surface area is 140 Å². The summed E-state index contributed by atoms with van der Waals surface area (Å²) in [5.74, 6) is 0.557. The van der Waals surface area contributed by atoms with Crippen molar-refractivity contribution in [3.63, 3.8) is 0 Å². The lowest BCUT2D eigenvalue weighted by molar-refractivity contribution is -0.113. The summed E-state index contributed by atoms with van der Waals surface area (Å²) in [7, 11) is 0. The molecule has 120 valence electrons. The third-order valence-corrected chi connectivity index (χ3v) is 4.50. The molecule has 3 N–H and O–H groups in total. The van der Waals surface area contributed by atoms with Crippen LogP contribution in [-0.2, 0) is 10.5 Å². The molecule has 0 aliphatic heterocycles. The fourth-order valence-electron chi connectivity index (χ4n) is 2.17. The third kappa shape index (κ3) is 4.86. The predicted molar refractivity (Wildman–Crippen MR) is 95.7 cm³/mol. The number of thioether (sulfide) groups is 1. The molecular formula is C18H20N2O2S. The summed E-state index contributed by atoms with van der Waals surface area (Å²) in [6.45, 7) is 3.82. The molecule has 0 radical (unpaired) electrons. The molecule has 4 nitrogen and oxygen atoms in total. The first-order valence-electron chi connectivity index (χ1n) is 7.30. The van der Waals surface area contributed by atoms with Gasteiger partial charge in [0.25, 0.3) is 0 Å². The van der Waals surface area contributed by atoms with E-state index in [4.69, 9.17) is 5.73 Å². The minimum absolute atomic E-state index is 0.0909. The van der Waals surface area contributed by atoms with Crippen LogP contribution in [0, 0.1) is 13.8 Å². The van der Waals surface area contributed by atoms with Crippen LogP contribution in [0.4, 0.5) is 5.69 Å². The Morgan fingerprint density at radius 3 is 2.43 bits per heavy atom. The van der Waals surface area contributed by atoms with Gasteiger partial charge in [-0.15, -0.1) is 11.8 Å². The number of anilines is 1. The largest absolute Gasteiger partial charge is 0.366 e. The van der Waals surface area contributed by atoms with Gasteiger partial charge in [0.2, 0.25) is 11.8 Å². The van der Waals surface area contributed by atoms with E-state index in [-0.39, 0.29) is 5.91 Å². The number of nitrogens with one attached hydrogen (secondary N) is 1. The van der Waals surface area contributed by atoms with Crippen LogP contribution in [0.2, 0.25) is 0 Å². The Kier molecular flexibility index (Phi) is 5.82. The Morgan fingerprint density at radius 2 is 1.78 bits per heavy atom. The molecular weight excluding hydrogens is 308 g/mol. The molecule has 0 spiro atoms. The maximum Gasteiger partial charge on any atom is 0.249 e. The highest BCUT2D eigenvalue weighted by Crippen LogP contribution is 2.19. The number of carbonyl (C=O) groups excluding carboxylic acids is 2. The van der Waals surface area contributed by atoms with Crippen LogP contribution in [0.3, 0.4) is 0 Å². The topological polar surface area (TPSA) is 72.2 Å². The van der Waals surface area contributed by atoms with Gasteiger partial charge in [0, 0.05) is 17.0 Å². The maximum absolute atomic E-state index is 12.0. The summed E-state index contributed by atoms with van der Waals surface area (Å²) >= 11 is 1.55. The van der Waals surface area contributed by atoms with Crippen LogP contribution >= 0.6 is 11.8 Å². The van der Waals surface area contributed by atoms with E-state index in [1.165, 1.54) is 11.1 Å². The Morgan fingerprint density at radius 1 is 1.09 bits per heavy atom. The SMILES string of the molecule is Cc1ccc(CSCC(=O)Nc2cccc(C(N)=O)c2C)cc1. The number of amides is 2. The van der Waals surface area contributed by atoms with Gasteiger partial charge in [0.15, 0.2) is 0 Å². The van der Waals surface area contributed by atoms with E-state index in [2.05, 4.69) is 29.6 Å². The molecule has 23 heavy (non-hydrogen) atoms. The third-order valence-electron chi connectivity index (χ3n) is 3.50. The van der Waals surface area contributed by atoms with Gasteiger partial charge in [-0.3, -0.25) is 9.59 Å². The number of primary amides is 1. The number of hydrogen-bond acceptors (Lipinski definition) is 3. The number of rotatable bonds is 6. The zero-order valence-corrected chi connectivity index (χ0v) is 14.1. The molecule has 2 rings (SSSR count). The summed E-state index contributed by atoms with van der Waals surface area (Å²) < 4.78 is 0. The summed E-state index contributed by atoms with van der Waals surface area (Å²) in [5.41, 5.74) is 9.48. The van der Waals surface area contributed by atoms with Crippen LogP contribution < -0.4 is 11.1 Å². The van der Waals surface area contributed by atoms with Gasteiger partial charge < -0.3 is 11.1 Å². The van der Waals surface area contributed by atoms with Gasteiger partial charge in [-0.1, -0.05) is 35.9 Å². The van der Waals surface area contributed by atoms with Crippen LogP contribution in [0.5, 0.6) is 0 Å². The van der Waals surface area contributed by atoms with Gasteiger partial charge in [-0.2, -0.15) is 0 Å². The van der Waals surface area contributed by atoms with E-state index in [0.29, 0.717) is 22.6 Å². The fraction of sp³-hybridized carbons (Fsp3) is 0.222. The number of carbonyl (C=O) groups is 2. The first-order valence-corrected chi connectivity index (χ1v) is 8.45. The molecule has 0 atom stereocenters. The second kappa shape index (κ2) is 7.83. The Balaban J connectivity index is 1.89. The minimum atomic E-state index is -0.493. The van der Waals surface area contributed by atoms with Crippen molar-refractivity contribution in [2.45, 2.75) is 19.6 Å². The van der Waals surface area contributed by atoms with Crippen molar-refractivity contribution in [3.05, 3.63) is 64.7 Å². The molecule has 0 heterocycles. The lowest BCUT2D eigenvalue weighted by Gasteiger charge is -2.10. The van der Waals surface area contributed by atoms with Crippen LogP contribution in [0.25, 0.3) is 0 Å². The van der Waals surface area contributed by atoms with Crippen LogP contribution in [-0.4, -0.2) is 17.6 Å². The standard InChI is InChI=1S/C18H20N2O2S/c1-12-6-8-14(9-7-12)10-23-11-17(21)20-16-5-3-4-15(13(16)2)18(19)22/h3-9H,10-11H2,1-2H3,(H2,19,22)(H,20,21). The Hall–Kier alpha value is -2.27. The summed E-state index contributed by atoms with van der Waals surface area (Å²) in [5, 5.41) is 2.83. The van der Waals surface area contributed by atoms with E-state index in [9.17, 15) is 9.59 Å². The number of hydrogen-bond donors (Lipinski definition) is 2. The Bertz CT molecular complexity index is 711. The molecule has 2 aromatic carbocycles. The second-order valence-corrected chi connectivity index (χ2v) is 6.35. The average molecular weight is 328 g/mol. The molecule has 2 amide bonds. The van der Waals surface area contributed by atoms with Crippen molar-refractivity contribution in [1.82, 2.24) is 0 Å². The molecule has 0 aliphatic carbocycles. The van der Waals surface area contributed by atoms with Gasteiger partial charge in [0.1, 0.15) is 0 Å². The number of nitrogens with two attached hydrogens (primary N) is 1. The molecule has 5 heteroatoms. The van der Waals surface area contributed by atoms with Crippen molar-refractivity contribution >= 4 is 29.3 Å². The average Bonchev–Trinajstić information content (AvgIpc) is 2.51. The molecule has 0 saturated carbocycles. The molecule has 0 saturated heterocycles. The summed E-state index contributed by atoms with van der Waals surface area (Å²) in [6, 6.07) is 13.4. The van der Waals surface area contributed by atoms with Crippen molar-refractivity contribution < 1.29 is 9.59 Å². The van der Waals surface area contributed by atoms with Crippen molar-refractivity contribution in [2.24, 2.45) is 5.73 Å². The monoisotopic (exact) mass is 328 g/mol. The zero-order chi connectivity index (χ0) is 16.8. The molecule has 2 aromatic rings. The zero-order valence-electron chi connectivity index (χ0n) is 13.3. The molecule has 0 fully saturated rings. The quantitative estimate of drug-likeness (QED) is 0.855. The molecule has 0 aliphatic rings. The molecule has 0 unspecified atom stereocenters.